The highest BCUT2D eigenvalue weighted by Gasteiger charge is 1.87. The van der Waals surface area contributed by atoms with Gasteiger partial charge in [0.05, 0.1) is 0 Å². The quantitative estimate of drug-likeness (QED) is 0.127. The van der Waals surface area contributed by atoms with Crippen LogP contribution >= 0.6 is 0 Å². The monoisotopic (exact) mass is 1230 g/mol. The summed E-state index contributed by atoms with van der Waals surface area (Å²) in [5.74, 6) is 0. The Morgan fingerprint density at radius 1 is 0.152 bits per heavy atom. The fourth-order valence-electron chi connectivity index (χ4n) is 6.32. The molecule has 8 aromatic heterocycles. The van der Waals surface area contributed by atoms with E-state index in [0.29, 0.717) is 21.9 Å². The van der Waals surface area contributed by atoms with Crippen LogP contribution in [0.3, 0.4) is 0 Å². The maximum absolute atomic E-state index is 10.2. The smallest absolute Gasteiger partial charge is 0.168 e. The summed E-state index contributed by atoms with van der Waals surface area (Å²) in [7, 11) is 8.63. The topological polar surface area (TPSA) is 216 Å². The first-order valence-corrected chi connectivity index (χ1v) is 29.1. The van der Waals surface area contributed by atoms with Gasteiger partial charge in [-0.25, -0.2) is 36.5 Å². The van der Waals surface area contributed by atoms with Crippen LogP contribution in [-0.2, 0) is 56.4 Å². The van der Waals surface area contributed by atoms with Crippen molar-refractivity contribution in [2.75, 3.05) is 0 Å². The molecule has 8 heterocycles. The molecule has 0 amide bonds. The lowest BCUT2D eigenvalue weighted by atomic mass is 9.81. The number of hydrogen-bond donors (Lipinski definition) is 0. The van der Waals surface area contributed by atoms with Crippen LogP contribution in [-0.4, -0.2) is 28.5 Å². The summed E-state index contributed by atoms with van der Waals surface area (Å²) in [6.45, 7) is 0. The van der Waals surface area contributed by atoms with Crippen LogP contribution in [0, 0.1) is 0 Å². The minimum absolute atomic E-state index is 0.303. The van der Waals surface area contributed by atoms with E-state index in [9.17, 15) is 40.2 Å². The molecular weight excluding hydrogens is 1150 g/mol. The zero-order valence-corrected chi connectivity index (χ0v) is 53.8. The number of nitrogens with zero attached hydrogens (tertiary/aromatic N) is 8. The molecule has 20 heteroatoms. The van der Waals surface area contributed by atoms with E-state index in [-0.39, 0.29) is 0 Å². The summed E-state index contributed by atoms with van der Waals surface area (Å²) in [5, 5.41) is 81.4. The van der Waals surface area contributed by atoms with E-state index in [1.807, 2.05) is 338 Å². The molecule has 0 bridgehead atoms. The van der Waals surface area contributed by atoms with E-state index in [2.05, 4.69) is 0 Å². The number of benzene rings is 4. The fourth-order valence-corrected chi connectivity index (χ4v) is 6.32. The van der Waals surface area contributed by atoms with Crippen LogP contribution < -0.4 is 98.6 Å². The summed E-state index contributed by atoms with van der Waals surface area (Å²) >= 11 is 0. The summed E-state index contributed by atoms with van der Waals surface area (Å²) in [6.07, 6.45) is 32.0. The molecular formula is C72H84B4N8O8. The Kier molecular flexibility index (Phi) is 47.0. The molecule has 12 rings (SSSR count). The van der Waals surface area contributed by atoms with Gasteiger partial charge in [-0.3, -0.25) is 0 Å². The van der Waals surface area contributed by atoms with E-state index in [1.165, 1.54) is 48.5 Å². The van der Waals surface area contributed by atoms with Crippen LogP contribution in [0.15, 0.2) is 366 Å². The molecule has 472 valence electrons. The van der Waals surface area contributed by atoms with Crippen molar-refractivity contribution in [3.8, 4) is 0 Å². The second-order valence-electron chi connectivity index (χ2n) is 19.3. The molecule has 0 saturated carbocycles. The van der Waals surface area contributed by atoms with Gasteiger partial charge >= 0.3 is 0 Å². The van der Waals surface area contributed by atoms with E-state index < -0.39 is 28.5 Å². The van der Waals surface area contributed by atoms with Gasteiger partial charge in [-0.15, -0.1) is 21.9 Å². The largest absolute Gasteiger partial charge is 0.889 e. The van der Waals surface area contributed by atoms with Crippen molar-refractivity contribution >= 4 is 50.3 Å². The van der Waals surface area contributed by atoms with Crippen molar-refractivity contribution in [3.63, 3.8) is 0 Å². The van der Waals surface area contributed by atoms with Gasteiger partial charge in [-0.2, -0.15) is 0 Å². The molecule has 0 atom stereocenters. The van der Waals surface area contributed by atoms with E-state index in [1.54, 1.807) is 72.8 Å². The first-order valence-electron chi connectivity index (χ1n) is 29.1. The van der Waals surface area contributed by atoms with Crippen LogP contribution in [0.1, 0.15) is 0 Å². The zero-order valence-electron chi connectivity index (χ0n) is 53.8. The highest BCUT2D eigenvalue weighted by molar-refractivity contribution is 6.56. The van der Waals surface area contributed by atoms with E-state index in [4.69, 9.17) is 0 Å². The number of pyridine rings is 8. The normalized spacial score (nSPS) is 8.87. The Bertz CT molecular complexity index is 2860. The van der Waals surface area contributed by atoms with Gasteiger partial charge in [-0.1, -0.05) is 198 Å². The summed E-state index contributed by atoms with van der Waals surface area (Å²) in [4.78, 5) is 0. The first-order chi connectivity index (χ1) is 44.4. The molecule has 0 aliphatic heterocycles. The molecule has 92 heavy (non-hydrogen) atoms. The predicted octanol–water partition coefficient (Wildman–Crippen LogP) is -3.50. The second-order valence-corrected chi connectivity index (χ2v) is 19.3. The predicted molar refractivity (Wildman–Crippen MR) is 348 cm³/mol. The highest BCUT2D eigenvalue weighted by atomic mass is 16.4. The van der Waals surface area contributed by atoms with Gasteiger partial charge in [0.2, 0.25) is 0 Å². The third-order valence-electron chi connectivity index (χ3n) is 11.2. The van der Waals surface area contributed by atoms with Crippen molar-refractivity contribution in [2.45, 2.75) is 0 Å². The maximum atomic E-state index is 10.2. The lowest BCUT2D eigenvalue weighted by Gasteiger charge is -2.26. The van der Waals surface area contributed by atoms with Crippen LogP contribution in [0.4, 0.5) is 0 Å². The van der Waals surface area contributed by atoms with Crippen molar-refractivity contribution in [2.24, 2.45) is 56.4 Å². The van der Waals surface area contributed by atoms with Gasteiger partial charge in [0.25, 0.3) is 0 Å². The number of aryl methyl sites for hydroxylation is 8. The molecule has 0 saturated heterocycles. The first kappa shape index (κ1) is 80.0. The third kappa shape index (κ3) is 48.0. The number of rotatable bonds is 4. The Labute approximate surface area is 546 Å². The van der Waals surface area contributed by atoms with Gasteiger partial charge in [0.15, 0.2) is 99.1 Å². The van der Waals surface area contributed by atoms with Crippen molar-refractivity contribution < 1.29 is 76.7 Å². The Morgan fingerprint density at radius 3 is 0.293 bits per heavy atom. The molecule has 0 aliphatic carbocycles. The Balaban J connectivity index is 0.000000503. The van der Waals surface area contributed by atoms with Gasteiger partial charge in [0, 0.05) is 97.1 Å². The fraction of sp³-hybridized carbons (Fsp3) is 0.111. The average Bonchev–Trinajstić information content (AvgIpc) is 3.66. The Morgan fingerprint density at radius 2 is 0.239 bits per heavy atom. The van der Waals surface area contributed by atoms with Crippen molar-refractivity contribution in [1.29, 1.82) is 0 Å². The molecule has 12 aromatic rings. The summed E-state index contributed by atoms with van der Waals surface area (Å²) in [5.41, 5.74) is 1.21. The number of aromatic nitrogens is 8. The Hall–Kier alpha value is -9.98. The molecule has 0 fully saturated rings. The molecule has 0 N–H and O–H groups in total. The number of hydrogen-bond acceptors (Lipinski definition) is 8. The molecule has 0 aliphatic rings. The average molecular weight is 1230 g/mol. The second kappa shape index (κ2) is 54.0. The standard InChI is InChI=1S/4C6H5BO2.8C6H8N/c4*8-7(9)6-4-2-1-3-5-6;8*1-7-5-3-2-4-6-7/h4*1-5H;8*2-6H,1H3/q4*-2;8*+1. The lowest BCUT2D eigenvalue weighted by molar-refractivity contribution is -0.671. The molecule has 16 nitrogen and oxygen atoms in total. The van der Waals surface area contributed by atoms with Crippen molar-refractivity contribution in [1.82, 2.24) is 0 Å². The minimum Gasteiger partial charge on any atom is -0.889 e. The van der Waals surface area contributed by atoms with Gasteiger partial charge in [0.1, 0.15) is 56.4 Å². The van der Waals surface area contributed by atoms with Crippen LogP contribution in [0.2, 0.25) is 0 Å². The third-order valence-corrected chi connectivity index (χ3v) is 11.2. The summed E-state index contributed by atoms with van der Waals surface area (Å²) < 4.78 is 16.0. The van der Waals surface area contributed by atoms with Crippen LogP contribution in [0.25, 0.3) is 0 Å². The maximum Gasteiger partial charge on any atom is 0.168 e. The van der Waals surface area contributed by atoms with Crippen LogP contribution in [0.5, 0.6) is 0 Å². The highest BCUT2D eigenvalue weighted by Crippen LogP contribution is 1.83. The van der Waals surface area contributed by atoms with Gasteiger partial charge < -0.3 is 40.2 Å². The molecule has 4 aromatic carbocycles. The minimum atomic E-state index is -1.84. The van der Waals surface area contributed by atoms with E-state index >= 15 is 0 Å². The van der Waals surface area contributed by atoms with Crippen molar-refractivity contribution in [3.05, 3.63) is 366 Å². The molecule has 0 unspecified atom stereocenters. The zero-order chi connectivity index (χ0) is 67.7. The van der Waals surface area contributed by atoms with Gasteiger partial charge in [-0.05, 0) is 0 Å². The lowest BCUT2D eigenvalue weighted by Crippen LogP contribution is -2.55. The van der Waals surface area contributed by atoms with E-state index in [0.717, 1.165) is 0 Å². The SMILES string of the molecule is C[n+]1ccccc1.C[n+]1ccccc1.C[n+]1ccccc1.C[n+]1ccccc1.C[n+]1ccccc1.C[n+]1ccccc1.C[n+]1ccccc1.C[n+]1ccccc1.[O-]B([O-])c1ccccc1.[O-]B([O-])c1ccccc1.[O-]B([O-])c1ccccc1.[O-]B([O-])c1ccccc1. The molecule has 0 spiro atoms. The molecule has 0 radical (unpaired) electrons. The summed E-state index contributed by atoms with van der Waals surface area (Å²) in [6, 6.07) is 80.8.